The Morgan fingerprint density at radius 1 is 1.10 bits per heavy atom. The van der Waals surface area contributed by atoms with Crippen molar-refractivity contribution in [1.82, 2.24) is 10.3 Å². The molecule has 1 aliphatic carbocycles. The number of hydrogen-bond donors (Lipinski definition) is 2. The van der Waals surface area contributed by atoms with E-state index in [0.717, 1.165) is 11.4 Å². The minimum Gasteiger partial charge on any atom is -0.367 e. The molecular formula is C16H17N3O. The molecule has 1 aliphatic rings. The Morgan fingerprint density at radius 2 is 1.90 bits per heavy atom. The quantitative estimate of drug-likeness (QED) is 0.875. The average Bonchev–Trinajstić information content (AvgIpc) is 3.30. The summed E-state index contributed by atoms with van der Waals surface area (Å²) in [5.41, 5.74) is 1.53. The van der Waals surface area contributed by atoms with Crippen molar-refractivity contribution >= 4 is 11.7 Å². The summed E-state index contributed by atoms with van der Waals surface area (Å²) in [6, 6.07) is 15.9. The van der Waals surface area contributed by atoms with Crippen LogP contribution in [0.5, 0.6) is 0 Å². The molecule has 4 nitrogen and oxygen atoms in total. The highest BCUT2D eigenvalue weighted by atomic mass is 16.1. The minimum absolute atomic E-state index is 0.145. The van der Waals surface area contributed by atoms with Gasteiger partial charge in [-0.3, -0.25) is 4.79 Å². The van der Waals surface area contributed by atoms with E-state index in [9.17, 15) is 4.79 Å². The number of nitrogens with one attached hydrogen (secondary N) is 2. The topological polar surface area (TPSA) is 54.0 Å². The highest BCUT2D eigenvalue weighted by Gasteiger charge is 2.21. The van der Waals surface area contributed by atoms with E-state index in [2.05, 4.69) is 15.6 Å². The molecule has 102 valence electrons. The number of hydrogen-bond acceptors (Lipinski definition) is 3. The van der Waals surface area contributed by atoms with Crippen LogP contribution in [0, 0.1) is 0 Å². The maximum Gasteiger partial charge on any atom is 0.270 e. The van der Waals surface area contributed by atoms with Crippen molar-refractivity contribution in [1.29, 1.82) is 0 Å². The van der Waals surface area contributed by atoms with Crippen LogP contribution in [-0.2, 0) is 6.54 Å². The number of pyridine rings is 1. The van der Waals surface area contributed by atoms with Gasteiger partial charge in [0.1, 0.15) is 11.5 Å². The maximum atomic E-state index is 12.1. The minimum atomic E-state index is -0.145. The highest BCUT2D eigenvalue weighted by Crippen LogP contribution is 2.23. The van der Waals surface area contributed by atoms with Crippen molar-refractivity contribution in [3.63, 3.8) is 0 Å². The van der Waals surface area contributed by atoms with Crippen molar-refractivity contribution in [3.8, 4) is 0 Å². The maximum absolute atomic E-state index is 12.1. The summed E-state index contributed by atoms with van der Waals surface area (Å²) in [4.78, 5) is 16.4. The van der Waals surface area contributed by atoms with Gasteiger partial charge in [-0.15, -0.1) is 0 Å². The first-order valence-corrected chi connectivity index (χ1v) is 6.87. The van der Waals surface area contributed by atoms with Gasteiger partial charge in [0, 0.05) is 12.6 Å². The monoisotopic (exact) mass is 267 g/mol. The van der Waals surface area contributed by atoms with Crippen molar-refractivity contribution in [3.05, 3.63) is 59.8 Å². The predicted octanol–water partition coefficient (Wildman–Crippen LogP) is 2.59. The summed E-state index contributed by atoms with van der Waals surface area (Å²) < 4.78 is 0. The molecule has 1 heterocycles. The number of nitrogens with zero attached hydrogens (tertiary/aromatic N) is 1. The van der Waals surface area contributed by atoms with Crippen LogP contribution in [-0.4, -0.2) is 16.9 Å². The third kappa shape index (κ3) is 3.35. The molecule has 0 saturated heterocycles. The summed E-state index contributed by atoms with van der Waals surface area (Å²) in [5, 5.41) is 6.18. The Balaban J connectivity index is 1.61. The number of rotatable bonds is 5. The fraction of sp³-hybridized carbons (Fsp3) is 0.250. The second-order valence-corrected chi connectivity index (χ2v) is 4.99. The summed E-state index contributed by atoms with van der Waals surface area (Å²) >= 11 is 0. The fourth-order valence-corrected chi connectivity index (χ4v) is 1.95. The lowest BCUT2D eigenvalue weighted by molar-refractivity contribution is 0.0946. The van der Waals surface area contributed by atoms with Crippen LogP contribution in [0.25, 0.3) is 0 Å². The molecule has 1 aromatic heterocycles. The van der Waals surface area contributed by atoms with Gasteiger partial charge in [-0.05, 0) is 30.5 Å². The fourth-order valence-electron chi connectivity index (χ4n) is 1.95. The van der Waals surface area contributed by atoms with Gasteiger partial charge in [-0.2, -0.15) is 0 Å². The van der Waals surface area contributed by atoms with Crippen LogP contribution in [0.4, 0.5) is 5.82 Å². The molecule has 20 heavy (non-hydrogen) atoms. The second kappa shape index (κ2) is 5.74. The zero-order valence-electron chi connectivity index (χ0n) is 11.2. The number of amides is 1. The van der Waals surface area contributed by atoms with Crippen molar-refractivity contribution in [2.75, 3.05) is 5.32 Å². The first kappa shape index (κ1) is 12.7. The van der Waals surface area contributed by atoms with Crippen LogP contribution in [0.1, 0.15) is 28.9 Å². The zero-order chi connectivity index (χ0) is 13.8. The number of aromatic nitrogens is 1. The molecule has 2 aromatic rings. The van der Waals surface area contributed by atoms with Gasteiger partial charge in [0.2, 0.25) is 0 Å². The van der Waals surface area contributed by atoms with Gasteiger partial charge >= 0.3 is 0 Å². The molecular weight excluding hydrogens is 250 g/mol. The summed E-state index contributed by atoms with van der Waals surface area (Å²) in [6.07, 6.45) is 2.37. The first-order valence-electron chi connectivity index (χ1n) is 6.87. The number of carbonyl (C=O) groups excluding carboxylic acids is 1. The molecule has 1 saturated carbocycles. The van der Waals surface area contributed by atoms with E-state index in [1.807, 2.05) is 42.5 Å². The smallest absolute Gasteiger partial charge is 0.270 e. The van der Waals surface area contributed by atoms with E-state index in [-0.39, 0.29) is 5.91 Å². The largest absolute Gasteiger partial charge is 0.367 e. The molecule has 4 heteroatoms. The van der Waals surface area contributed by atoms with Gasteiger partial charge in [0.05, 0.1) is 0 Å². The highest BCUT2D eigenvalue weighted by molar-refractivity contribution is 5.92. The lowest BCUT2D eigenvalue weighted by Gasteiger charge is -2.07. The molecule has 1 amide bonds. The lowest BCUT2D eigenvalue weighted by atomic mass is 10.2. The van der Waals surface area contributed by atoms with Crippen molar-refractivity contribution < 1.29 is 4.79 Å². The summed E-state index contributed by atoms with van der Waals surface area (Å²) in [6.45, 7) is 0.516. The molecule has 0 unspecified atom stereocenters. The Morgan fingerprint density at radius 3 is 2.65 bits per heavy atom. The molecule has 0 bridgehead atoms. The van der Waals surface area contributed by atoms with Gasteiger partial charge < -0.3 is 10.6 Å². The molecule has 1 fully saturated rings. The van der Waals surface area contributed by atoms with Crippen LogP contribution >= 0.6 is 0 Å². The molecule has 2 N–H and O–H groups in total. The summed E-state index contributed by atoms with van der Waals surface area (Å²) in [7, 11) is 0. The Kier molecular flexibility index (Phi) is 3.63. The number of benzene rings is 1. The normalized spacial score (nSPS) is 13.8. The van der Waals surface area contributed by atoms with Gasteiger partial charge in [-0.25, -0.2) is 4.98 Å². The van der Waals surface area contributed by atoms with E-state index in [1.54, 1.807) is 6.07 Å². The van der Waals surface area contributed by atoms with Crippen LogP contribution in [0.3, 0.4) is 0 Å². The Labute approximate surface area is 118 Å². The van der Waals surface area contributed by atoms with E-state index in [4.69, 9.17) is 0 Å². The van der Waals surface area contributed by atoms with E-state index in [1.165, 1.54) is 12.8 Å². The van der Waals surface area contributed by atoms with E-state index in [0.29, 0.717) is 18.3 Å². The Bertz CT molecular complexity index is 594. The van der Waals surface area contributed by atoms with E-state index < -0.39 is 0 Å². The van der Waals surface area contributed by atoms with Crippen LogP contribution in [0.15, 0.2) is 48.5 Å². The molecule has 0 radical (unpaired) electrons. The van der Waals surface area contributed by atoms with E-state index >= 15 is 0 Å². The Hall–Kier alpha value is -2.36. The van der Waals surface area contributed by atoms with Gasteiger partial charge in [0.15, 0.2) is 0 Å². The third-order valence-electron chi connectivity index (χ3n) is 3.21. The lowest BCUT2D eigenvalue weighted by Crippen LogP contribution is -2.24. The third-order valence-corrected chi connectivity index (χ3v) is 3.21. The van der Waals surface area contributed by atoms with Gasteiger partial charge in [0.25, 0.3) is 5.91 Å². The molecule has 3 rings (SSSR count). The zero-order valence-corrected chi connectivity index (χ0v) is 11.2. The average molecular weight is 267 g/mol. The SMILES string of the molecule is O=C(NCc1ccccc1)c1cccc(NC2CC2)n1. The standard InChI is InChI=1S/C16H17N3O/c20-16(17-11-12-5-2-1-3-6-12)14-7-4-8-15(19-14)18-13-9-10-13/h1-8,13H,9-11H2,(H,17,20)(H,18,19). The molecule has 0 atom stereocenters. The van der Waals surface area contributed by atoms with Gasteiger partial charge in [-0.1, -0.05) is 36.4 Å². The van der Waals surface area contributed by atoms with Crippen molar-refractivity contribution in [2.45, 2.75) is 25.4 Å². The molecule has 0 spiro atoms. The number of anilines is 1. The van der Waals surface area contributed by atoms with Crippen molar-refractivity contribution in [2.24, 2.45) is 0 Å². The second-order valence-electron chi connectivity index (χ2n) is 4.99. The van der Waals surface area contributed by atoms with Crippen LogP contribution < -0.4 is 10.6 Å². The summed E-state index contributed by atoms with van der Waals surface area (Å²) in [5.74, 6) is 0.633. The first-order chi connectivity index (χ1) is 9.81. The molecule has 1 aromatic carbocycles. The molecule has 0 aliphatic heterocycles. The van der Waals surface area contributed by atoms with Crippen LogP contribution in [0.2, 0.25) is 0 Å². The number of carbonyl (C=O) groups is 1. The predicted molar refractivity (Wildman–Crippen MR) is 78.5 cm³/mol.